The van der Waals surface area contributed by atoms with Crippen LogP contribution in [0.15, 0.2) is 83.0 Å². The number of fused-ring (bicyclic) bond motifs is 1. The third-order valence-corrected chi connectivity index (χ3v) is 7.19. The monoisotopic (exact) mass is 573 g/mol. The second-order valence-corrected chi connectivity index (χ2v) is 10.1. The van der Waals surface area contributed by atoms with Crippen LogP contribution in [0.2, 0.25) is 5.02 Å². The summed E-state index contributed by atoms with van der Waals surface area (Å²) in [6.07, 6.45) is 0. The summed E-state index contributed by atoms with van der Waals surface area (Å²) in [6, 6.07) is 21.5. The highest BCUT2D eigenvalue weighted by atomic mass is 35.5. The van der Waals surface area contributed by atoms with Gasteiger partial charge in [0.2, 0.25) is 0 Å². The molecule has 0 aliphatic carbocycles. The number of rotatable bonds is 8. The van der Waals surface area contributed by atoms with Crippen LogP contribution in [0.5, 0.6) is 5.75 Å². The molecule has 0 bridgehead atoms. The van der Waals surface area contributed by atoms with Crippen molar-refractivity contribution in [2.45, 2.75) is 6.92 Å². The minimum atomic E-state index is -0.806. The SMILES string of the molecule is CCOc1ccc(-c2csc(NC(=O)COC(=O)c3c(-c4ccc(Cl)cc4)c4ccccc4c(=O)n3C)n2)cc1. The topological polar surface area (TPSA) is 99.5 Å². The van der Waals surface area contributed by atoms with Gasteiger partial charge in [-0.15, -0.1) is 11.3 Å². The molecule has 1 amide bonds. The number of esters is 1. The first-order valence-corrected chi connectivity index (χ1v) is 13.6. The molecule has 3 aromatic carbocycles. The summed E-state index contributed by atoms with van der Waals surface area (Å²) in [7, 11) is 1.50. The summed E-state index contributed by atoms with van der Waals surface area (Å²) in [6.45, 7) is 1.94. The van der Waals surface area contributed by atoms with Gasteiger partial charge in [-0.1, -0.05) is 41.9 Å². The van der Waals surface area contributed by atoms with Crippen molar-refractivity contribution in [1.29, 1.82) is 0 Å². The maximum atomic E-state index is 13.3. The molecule has 40 heavy (non-hydrogen) atoms. The van der Waals surface area contributed by atoms with Gasteiger partial charge in [0.25, 0.3) is 11.5 Å². The summed E-state index contributed by atoms with van der Waals surface area (Å²) >= 11 is 7.33. The maximum Gasteiger partial charge on any atom is 0.356 e. The lowest BCUT2D eigenvalue weighted by atomic mass is 9.97. The molecule has 0 fully saturated rings. The molecular formula is C30H24ClN3O5S. The Morgan fingerprint density at radius 3 is 2.35 bits per heavy atom. The van der Waals surface area contributed by atoms with Gasteiger partial charge in [-0.3, -0.25) is 14.9 Å². The number of carbonyl (C=O) groups excluding carboxylic acids is 2. The summed E-state index contributed by atoms with van der Waals surface area (Å²) in [5.74, 6) is -0.598. The normalized spacial score (nSPS) is 10.9. The lowest BCUT2D eigenvalue weighted by Crippen LogP contribution is -2.28. The predicted molar refractivity (Wildman–Crippen MR) is 157 cm³/mol. The fourth-order valence-electron chi connectivity index (χ4n) is 4.32. The van der Waals surface area contributed by atoms with E-state index in [1.807, 2.05) is 36.6 Å². The Morgan fingerprint density at radius 1 is 0.975 bits per heavy atom. The van der Waals surface area contributed by atoms with Gasteiger partial charge in [0.1, 0.15) is 11.4 Å². The number of thiazole rings is 1. The van der Waals surface area contributed by atoms with Crippen molar-refractivity contribution in [1.82, 2.24) is 9.55 Å². The van der Waals surface area contributed by atoms with Gasteiger partial charge in [0.15, 0.2) is 11.7 Å². The average molecular weight is 574 g/mol. The van der Waals surface area contributed by atoms with Crippen molar-refractivity contribution in [3.8, 4) is 28.1 Å². The largest absolute Gasteiger partial charge is 0.494 e. The number of ether oxygens (including phenoxy) is 2. The molecule has 10 heteroatoms. The van der Waals surface area contributed by atoms with Crippen LogP contribution in [0.4, 0.5) is 5.13 Å². The number of aromatic nitrogens is 2. The van der Waals surface area contributed by atoms with Gasteiger partial charge in [-0.2, -0.15) is 0 Å². The molecular weight excluding hydrogens is 550 g/mol. The van der Waals surface area contributed by atoms with E-state index >= 15 is 0 Å². The van der Waals surface area contributed by atoms with Gasteiger partial charge in [-0.05, 0) is 60.3 Å². The first-order chi connectivity index (χ1) is 19.4. The van der Waals surface area contributed by atoms with Crippen LogP contribution in [0.3, 0.4) is 0 Å². The molecule has 202 valence electrons. The predicted octanol–water partition coefficient (Wildman–Crippen LogP) is 6.18. The Labute approximate surface area is 238 Å². The highest BCUT2D eigenvalue weighted by Crippen LogP contribution is 2.32. The standard InChI is InChI=1S/C30H24ClN3O5S/c1-3-38-21-14-10-18(11-15-21)24-17-40-30(32-24)33-25(35)16-39-29(37)27-26(19-8-12-20(31)13-9-19)22-6-4-5-7-23(22)28(36)34(27)2/h4-15,17H,3,16H2,1-2H3,(H,32,33,35). The fraction of sp³-hybridized carbons (Fsp3) is 0.133. The van der Waals surface area contributed by atoms with Crippen molar-refractivity contribution >= 4 is 50.7 Å². The Bertz CT molecular complexity index is 1760. The number of hydrogen-bond donors (Lipinski definition) is 1. The first kappa shape index (κ1) is 27.1. The summed E-state index contributed by atoms with van der Waals surface area (Å²) in [4.78, 5) is 43.5. The zero-order valence-electron chi connectivity index (χ0n) is 21.6. The molecule has 1 N–H and O–H groups in total. The van der Waals surface area contributed by atoms with Crippen LogP contribution >= 0.6 is 22.9 Å². The van der Waals surface area contributed by atoms with Crippen LogP contribution in [-0.2, 0) is 16.6 Å². The maximum absolute atomic E-state index is 13.3. The van der Waals surface area contributed by atoms with E-state index in [1.54, 1.807) is 48.5 Å². The molecule has 0 spiro atoms. The van der Waals surface area contributed by atoms with E-state index in [0.717, 1.165) is 11.3 Å². The van der Waals surface area contributed by atoms with Gasteiger partial charge < -0.3 is 14.0 Å². The molecule has 2 heterocycles. The highest BCUT2D eigenvalue weighted by Gasteiger charge is 2.24. The summed E-state index contributed by atoms with van der Waals surface area (Å²) in [5, 5.41) is 6.43. The van der Waals surface area contributed by atoms with Crippen molar-refractivity contribution < 1.29 is 19.1 Å². The molecule has 0 aliphatic rings. The lowest BCUT2D eigenvalue weighted by Gasteiger charge is -2.16. The number of benzene rings is 3. The smallest absolute Gasteiger partial charge is 0.356 e. The lowest BCUT2D eigenvalue weighted by molar-refractivity contribution is -0.119. The van der Waals surface area contributed by atoms with E-state index in [2.05, 4.69) is 10.3 Å². The highest BCUT2D eigenvalue weighted by molar-refractivity contribution is 7.14. The number of nitrogens with one attached hydrogen (secondary N) is 1. The molecule has 0 aliphatic heterocycles. The summed E-state index contributed by atoms with van der Waals surface area (Å²) < 4.78 is 12.1. The van der Waals surface area contributed by atoms with Crippen molar-refractivity contribution in [2.24, 2.45) is 7.05 Å². The van der Waals surface area contributed by atoms with Crippen molar-refractivity contribution in [3.63, 3.8) is 0 Å². The quantitative estimate of drug-likeness (QED) is 0.223. The van der Waals surface area contributed by atoms with Gasteiger partial charge in [-0.25, -0.2) is 9.78 Å². The van der Waals surface area contributed by atoms with E-state index in [9.17, 15) is 14.4 Å². The van der Waals surface area contributed by atoms with Crippen LogP contribution in [-0.4, -0.2) is 34.6 Å². The second-order valence-electron chi connectivity index (χ2n) is 8.76. The third-order valence-electron chi connectivity index (χ3n) is 6.18. The first-order valence-electron chi connectivity index (χ1n) is 12.4. The fourth-order valence-corrected chi connectivity index (χ4v) is 5.18. The molecule has 0 atom stereocenters. The molecule has 0 radical (unpaired) electrons. The van der Waals surface area contributed by atoms with E-state index in [1.165, 1.54) is 23.0 Å². The molecule has 8 nitrogen and oxygen atoms in total. The zero-order valence-corrected chi connectivity index (χ0v) is 23.2. The van der Waals surface area contributed by atoms with Gasteiger partial charge in [0.05, 0.1) is 12.3 Å². The zero-order chi connectivity index (χ0) is 28.2. The number of pyridine rings is 1. The number of hydrogen-bond acceptors (Lipinski definition) is 7. The molecule has 5 rings (SSSR count). The molecule has 2 aromatic heterocycles. The van der Waals surface area contributed by atoms with E-state index in [-0.39, 0.29) is 11.3 Å². The summed E-state index contributed by atoms with van der Waals surface area (Å²) in [5.41, 5.74) is 2.44. The van der Waals surface area contributed by atoms with E-state index < -0.39 is 18.5 Å². The molecule has 0 saturated heterocycles. The molecule has 5 aromatic rings. The van der Waals surface area contributed by atoms with Gasteiger partial charge >= 0.3 is 5.97 Å². The van der Waals surface area contributed by atoms with Crippen LogP contribution in [0, 0.1) is 0 Å². The van der Waals surface area contributed by atoms with E-state index in [4.69, 9.17) is 21.1 Å². The minimum Gasteiger partial charge on any atom is -0.494 e. The number of anilines is 1. The average Bonchev–Trinajstić information content (AvgIpc) is 3.43. The molecule has 0 unspecified atom stereocenters. The van der Waals surface area contributed by atoms with Crippen LogP contribution < -0.4 is 15.6 Å². The third kappa shape index (κ3) is 5.61. The Kier molecular flexibility index (Phi) is 7.95. The van der Waals surface area contributed by atoms with Crippen LogP contribution in [0.1, 0.15) is 17.4 Å². The van der Waals surface area contributed by atoms with E-state index in [0.29, 0.717) is 44.4 Å². The van der Waals surface area contributed by atoms with Gasteiger partial charge in [0, 0.05) is 34.0 Å². The number of nitrogens with zero attached hydrogens (tertiary/aromatic N) is 2. The Morgan fingerprint density at radius 2 is 1.65 bits per heavy atom. The minimum absolute atomic E-state index is 0.0332. The van der Waals surface area contributed by atoms with Crippen molar-refractivity contribution in [2.75, 3.05) is 18.5 Å². The number of carbonyl (C=O) groups is 2. The Hall–Kier alpha value is -4.47. The van der Waals surface area contributed by atoms with Crippen LogP contribution in [0.25, 0.3) is 33.2 Å². The van der Waals surface area contributed by atoms with Crippen molar-refractivity contribution in [3.05, 3.63) is 99.2 Å². The molecule has 0 saturated carbocycles. The number of amides is 1. The second kappa shape index (κ2) is 11.7. The Balaban J connectivity index is 1.35. The number of halogens is 1.